The zero-order valence-corrected chi connectivity index (χ0v) is 14.2. The molecule has 1 saturated carbocycles. The number of methoxy groups -OCH3 is 1. The second-order valence-electron chi connectivity index (χ2n) is 5.85. The summed E-state index contributed by atoms with van der Waals surface area (Å²) < 4.78 is 69.6. The fourth-order valence-corrected chi connectivity index (χ4v) is 3.08. The summed E-state index contributed by atoms with van der Waals surface area (Å²) in [4.78, 5) is 3.58. The van der Waals surface area contributed by atoms with Crippen LogP contribution in [0.15, 0.2) is 12.1 Å². The molecule has 1 heterocycles. The monoisotopic (exact) mass is 364 g/mol. The first-order valence-electron chi connectivity index (χ1n) is 7.38. The molecule has 0 aliphatic heterocycles. The van der Waals surface area contributed by atoms with E-state index in [1.807, 2.05) is 4.72 Å². The lowest BCUT2D eigenvalue weighted by Gasteiger charge is -2.26. The molecule has 5 nitrogen and oxygen atoms in total. The first-order chi connectivity index (χ1) is 11.1. The van der Waals surface area contributed by atoms with Crippen molar-refractivity contribution in [3.8, 4) is 5.88 Å². The number of anilines is 1. The minimum Gasteiger partial charge on any atom is -0.480 e. The van der Waals surface area contributed by atoms with Crippen LogP contribution in [0, 0.1) is 11.9 Å². The largest absolute Gasteiger partial charge is 0.480 e. The molecule has 0 saturated heterocycles. The molecular formula is C15H19F3N2O3S. The van der Waals surface area contributed by atoms with Gasteiger partial charge in [-0.25, -0.2) is 17.2 Å². The Bertz CT molecular complexity index is 726. The minimum atomic E-state index is -3.66. The van der Waals surface area contributed by atoms with Gasteiger partial charge < -0.3 is 4.74 Å². The molecule has 9 heteroatoms. The van der Waals surface area contributed by atoms with E-state index in [0.717, 1.165) is 6.26 Å². The van der Waals surface area contributed by atoms with E-state index in [4.69, 9.17) is 4.74 Å². The molecule has 1 aromatic rings. The SMILES string of the molecule is COc1nc(F)c(NS(C)(=O)=O)cc1/C=C/C1CCC(F)(F)CC1. The highest BCUT2D eigenvalue weighted by molar-refractivity contribution is 7.92. The highest BCUT2D eigenvalue weighted by Gasteiger charge is 2.33. The average molecular weight is 364 g/mol. The van der Waals surface area contributed by atoms with E-state index in [0.29, 0.717) is 18.4 Å². The maximum atomic E-state index is 13.8. The Labute approximate surface area is 139 Å². The fourth-order valence-electron chi connectivity index (χ4n) is 2.54. The molecule has 0 amide bonds. The number of allylic oxidation sites excluding steroid dienone is 1. The van der Waals surface area contributed by atoms with Crippen molar-refractivity contribution in [1.82, 2.24) is 4.98 Å². The van der Waals surface area contributed by atoms with Crippen LogP contribution >= 0.6 is 0 Å². The number of pyridine rings is 1. The Morgan fingerprint density at radius 2 is 2.00 bits per heavy atom. The number of sulfonamides is 1. The molecule has 134 valence electrons. The maximum Gasteiger partial charge on any atom is 0.248 e. The van der Waals surface area contributed by atoms with Crippen molar-refractivity contribution >= 4 is 21.8 Å². The van der Waals surface area contributed by atoms with Crippen LogP contribution in [0.4, 0.5) is 18.9 Å². The topological polar surface area (TPSA) is 68.3 Å². The number of hydrogen-bond donors (Lipinski definition) is 1. The predicted octanol–water partition coefficient (Wildman–Crippen LogP) is 3.44. The van der Waals surface area contributed by atoms with Crippen molar-refractivity contribution in [1.29, 1.82) is 0 Å². The molecule has 2 rings (SSSR count). The molecule has 1 aliphatic carbocycles. The third kappa shape index (κ3) is 5.12. The predicted molar refractivity (Wildman–Crippen MR) is 85.2 cm³/mol. The molecule has 1 N–H and O–H groups in total. The lowest BCUT2D eigenvalue weighted by molar-refractivity contribution is -0.0410. The highest BCUT2D eigenvalue weighted by Crippen LogP contribution is 2.37. The molecule has 0 radical (unpaired) electrons. The molecule has 24 heavy (non-hydrogen) atoms. The maximum absolute atomic E-state index is 13.8. The van der Waals surface area contributed by atoms with Crippen molar-refractivity contribution in [2.45, 2.75) is 31.6 Å². The smallest absolute Gasteiger partial charge is 0.248 e. The van der Waals surface area contributed by atoms with Gasteiger partial charge in [-0.15, -0.1) is 0 Å². The number of hydrogen-bond acceptors (Lipinski definition) is 4. The lowest BCUT2D eigenvalue weighted by atomic mass is 9.86. The number of nitrogens with zero attached hydrogens (tertiary/aromatic N) is 1. The first-order valence-corrected chi connectivity index (χ1v) is 9.27. The zero-order valence-electron chi connectivity index (χ0n) is 13.4. The second kappa shape index (κ2) is 7.00. The van der Waals surface area contributed by atoms with Gasteiger partial charge in [-0.05, 0) is 24.8 Å². The summed E-state index contributed by atoms with van der Waals surface area (Å²) in [7, 11) is -2.35. The number of rotatable bonds is 5. The first kappa shape index (κ1) is 18.6. The van der Waals surface area contributed by atoms with Crippen LogP contribution in [-0.2, 0) is 10.0 Å². The van der Waals surface area contributed by atoms with Crippen LogP contribution < -0.4 is 9.46 Å². The summed E-state index contributed by atoms with van der Waals surface area (Å²) in [5.74, 6) is -3.65. The van der Waals surface area contributed by atoms with Crippen LogP contribution in [0.25, 0.3) is 6.08 Å². The molecule has 1 aliphatic rings. The van der Waals surface area contributed by atoms with E-state index in [1.54, 1.807) is 12.2 Å². The van der Waals surface area contributed by atoms with Crippen molar-refractivity contribution < 1.29 is 26.3 Å². The standard InChI is InChI=1S/C15H19F3N2O3S/c1-23-14-11(4-3-10-5-7-15(17,18)8-6-10)9-12(13(16)19-14)20-24(2,21)22/h3-4,9-10,20H,5-8H2,1-2H3/b4-3+. The second-order valence-corrected chi connectivity index (χ2v) is 7.60. The molecule has 0 aromatic carbocycles. The summed E-state index contributed by atoms with van der Waals surface area (Å²) in [6.45, 7) is 0. The van der Waals surface area contributed by atoms with Gasteiger partial charge in [0.05, 0.1) is 13.4 Å². The van der Waals surface area contributed by atoms with Crippen LogP contribution in [0.3, 0.4) is 0 Å². The summed E-state index contributed by atoms with van der Waals surface area (Å²) in [5.41, 5.74) is 0.0653. The van der Waals surface area contributed by atoms with E-state index >= 15 is 0 Å². The Morgan fingerprint density at radius 3 is 2.54 bits per heavy atom. The summed E-state index contributed by atoms with van der Waals surface area (Å²) in [6, 6.07) is 1.26. The highest BCUT2D eigenvalue weighted by atomic mass is 32.2. The Hall–Kier alpha value is -1.77. The van der Waals surface area contributed by atoms with Crippen LogP contribution in [0.2, 0.25) is 0 Å². The van der Waals surface area contributed by atoms with Gasteiger partial charge in [-0.1, -0.05) is 12.2 Å². The van der Waals surface area contributed by atoms with Crippen molar-refractivity contribution in [3.05, 3.63) is 23.7 Å². The minimum absolute atomic E-state index is 0.0102. The molecule has 1 aromatic heterocycles. The normalized spacial score (nSPS) is 18.7. The molecule has 0 bridgehead atoms. The van der Waals surface area contributed by atoms with Crippen LogP contribution in [0.1, 0.15) is 31.2 Å². The van der Waals surface area contributed by atoms with Gasteiger partial charge in [-0.3, -0.25) is 4.72 Å². The molecule has 1 fully saturated rings. The molecule has 0 unspecified atom stereocenters. The van der Waals surface area contributed by atoms with Crippen molar-refractivity contribution in [2.24, 2.45) is 5.92 Å². The third-order valence-electron chi connectivity index (χ3n) is 3.77. The third-order valence-corrected chi connectivity index (χ3v) is 4.36. The van der Waals surface area contributed by atoms with Gasteiger partial charge >= 0.3 is 0 Å². The van der Waals surface area contributed by atoms with Crippen LogP contribution in [-0.4, -0.2) is 32.7 Å². The Kier molecular flexibility index (Phi) is 5.42. The zero-order chi connectivity index (χ0) is 18.0. The quantitative estimate of drug-likeness (QED) is 0.813. The van der Waals surface area contributed by atoms with Gasteiger partial charge in [0.15, 0.2) is 0 Å². The molecular weight excluding hydrogens is 345 g/mol. The van der Waals surface area contributed by atoms with Crippen LogP contribution in [0.5, 0.6) is 5.88 Å². The van der Waals surface area contributed by atoms with Gasteiger partial charge in [0.25, 0.3) is 0 Å². The van der Waals surface area contributed by atoms with Gasteiger partial charge in [0.1, 0.15) is 5.69 Å². The average Bonchev–Trinajstić information content (AvgIpc) is 2.47. The summed E-state index contributed by atoms with van der Waals surface area (Å²) in [5, 5.41) is 0. The summed E-state index contributed by atoms with van der Waals surface area (Å²) >= 11 is 0. The Morgan fingerprint density at radius 1 is 1.38 bits per heavy atom. The number of nitrogens with one attached hydrogen (secondary N) is 1. The van der Waals surface area contributed by atoms with Gasteiger partial charge in [0, 0.05) is 18.4 Å². The van der Waals surface area contributed by atoms with Gasteiger partial charge in [-0.2, -0.15) is 9.37 Å². The van der Waals surface area contributed by atoms with E-state index in [-0.39, 0.29) is 30.3 Å². The van der Waals surface area contributed by atoms with E-state index < -0.39 is 21.9 Å². The number of alkyl halides is 2. The van der Waals surface area contributed by atoms with E-state index in [2.05, 4.69) is 4.98 Å². The molecule has 0 atom stereocenters. The lowest BCUT2D eigenvalue weighted by Crippen LogP contribution is -2.23. The number of aromatic nitrogens is 1. The summed E-state index contributed by atoms with van der Waals surface area (Å²) in [6.07, 6.45) is 4.62. The van der Waals surface area contributed by atoms with Crippen molar-refractivity contribution in [3.63, 3.8) is 0 Å². The molecule has 0 spiro atoms. The van der Waals surface area contributed by atoms with Crippen molar-refractivity contribution in [2.75, 3.05) is 18.1 Å². The van der Waals surface area contributed by atoms with Gasteiger partial charge in [0.2, 0.25) is 27.8 Å². The number of ether oxygens (including phenoxy) is 1. The fraction of sp³-hybridized carbons (Fsp3) is 0.533. The Balaban J connectivity index is 2.22. The van der Waals surface area contributed by atoms with E-state index in [1.165, 1.54) is 13.2 Å². The number of halogens is 3. The van der Waals surface area contributed by atoms with E-state index in [9.17, 15) is 21.6 Å².